The Morgan fingerprint density at radius 3 is 2.39 bits per heavy atom. The fraction of sp³-hybridized carbons (Fsp3) is 0.261. The van der Waals surface area contributed by atoms with Gasteiger partial charge in [-0.3, -0.25) is 4.99 Å². The van der Waals surface area contributed by atoms with Gasteiger partial charge in [0.2, 0.25) is 0 Å². The average Bonchev–Trinajstić information content (AvgIpc) is 2.70. The van der Waals surface area contributed by atoms with E-state index in [1.807, 2.05) is 19.2 Å². The van der Waals surface area contributed by atoms with Gasteiger partial charge in [0.15, 0.2) is 11.6 Å². The van der Waals surface area contributed by atoms with E-state index in [9.17, 15) is 5.11 Å². The topological polar surface area (TPSA) is 65.9 Å². The van der Waals surface area contributed by atoms with Gasteiger partial charge in [0.25, 0.3) is 0 Å². The minimum Gasteiger partial charge on any atom is -0.507 e. The third kappa shape index (κ3) is 5.99. The molecule has 5 nitrogen and oxygen atoms in total. The van der Waals surface area contributed by atoms with Gasteiger partial charge >= 0.3 is 0 Å². The summed E-state index contributed by atoms with van der Waals surface area (Å²) in [4.78, 5) is 4.24. The predicted octanol–water partition coefficient (Wildman–Crippen LogP) is 3.52. The molecule has 0 heterocycles. The van der Waals surface area contributed by atoms with Crippen LogP contribution in [0.4, 0.5) is 0 Å². The van der Waals surface area contributed by atoms with E-state index in [1.165, 1.54) is 11.1 Å². The second-order valence-corrected chi connectivity index (χ2v) is 6.32. The minimum atomic E-state index is 0.184. The van der Waals surface area contributed by atoms with Gasteiger partial charge in [-0.2, -0.15) is 0 Å². The van der Waals surface area contributed by atoms with Crippen molar-refractivity contribution >= 4 is 11.4 Å². The quantitative estimate of drug-likeness (QED) is 0.270. The first-order valence-electron chi connectivity index (χ1n) is 9.28. The molecule has 0 aliphatic heterocycles. The van der Waals surface area contributed by atoms with Gasteiger partial charge in [-0.15, -0.1) is 0 Å². The van der Waals surface area contributed by atoms with E-state index in [0.29, 0.717) is 29.3 Å². The molecule has 0 aromatic heterocycles. The number of phenols is 1. The molecule has 2 aromatic carbocycles. The lowest BCUT2D eigenvalue weighted by atomic mass is 10.1. The molecule has 0 fully saturated rings. The number of benzene rings is 2. The number of allylic oxidation sites excluding steroid dienone is 2. The van der Waals surface area contributed by atoms with E-state index in [4.69, 9.17) is 4.74 Å². The highest BCUT2D eigenvalue weighted by Gasteiger charge is 2.10. The summed E-state index contributed by atoms with van der Waals surface area (Å²) in [6.45, 7) is 5.43. The molecule has 0 atom stereocenters. The number of amidine groups is 1. The standard InChI is InChI=1S/C23H29N3O2/c1-17(20-7-5-6-8-21(20)27)15-22(23(25-3)26-4)28-14-13-18-9-11-19(12-10-18)16-24-2/h5-12,15,24,27H,1,13-14,16H2,2-4H3,(H,25,26)/b22-15+. The van der Waals surface area contributed by atoms with E-state index in [-0.39, 0.29) is 5.75 Å². The largest absolute Gasteiger partial charge is 0.507 e. The molecule has 0 saturated heterocycles. The number of hydrogen-bond acceptors (Lipinski definition) is 4. The van der Waals surface area contributed by atoms with Crippen molar-refractivity contribution < 1.29 is 9.84 Å². The lowest BCUT2D eigenvalue weighted by molar-refractivity contribution is 0.234. The third-order valence-corrected chi connectivity index (χ3v) is 4.30. The van der Waals surface area contributed by atoms with E-state index < -0.39 is 0 Å². The average molecular weight is 380 g/mol. The number of ether oxygens (including phenoxy) is 1. The molecule has 0 bridgehead atoms. The van der Waals surface area contributed by atoms with Gasteiger partial charge in [-0.05, 0) is 35.9 Å². The smallest absolute Gasteiger partial charge is 0.163 e. The van der Waals surface area contributed by atoms with Crippen LogP contribution in [0.25, 0.3) is 5.57 Å². The Labute approximate surface area is 167 Å². The van der Waals surface area contributed by atoms with Gasteiger partial charge in [0.1, 0.15) is 5.75 Å². The molecule has 0 radical (unpaired) electrons. The summed E-state index contributed by atoms with van der Waals surface area (Å²) in [5, 5.41) is 16.2. The maximum absolute atomic E-state index is 10.1. The Morgan fingerprint density at radius 1 is 1.11 bits per heavy atom. The number of nitrogens with zero attached hydrogens (tertiary/aromatic N) is 1. The molecule has 0 spiro atoms. The number of hydrogen-bond donors (Lipinski definition) is 3. The van der Waals surface area contributed by atoms with E-state index >= 15 is 0 Å². The number of aliphatic imine (C=N–C) groups is 1. The lowest BCUT2D eigenvalue weighted by Crippen LogP contribution is -2.23. The molecule has 2 rings (SSSR count). The molecular formula is C23H29N3O2. The van der Waals surface area contributed by atoms with Gasteiger partial charge < -0.3 is 20.5 Å². The first-order valence-corrected chi connectivity index (χ1v) is 9.28. The Bertz CT molecular complexity index is 839. The molecule has 0 aliphatic carbocycles. The fourth-order valence-corrected chi connectivity index (χ4v) is 2.81. The second kappa shape index (κ2) is 10.9. The maximum Gasteiger partial charge on any atom is 0.163 e. The summed E-state index contributed by atoms with van der Waals surface area (Å²) in [7, 11) is 5.43. The summed E-state index contributed by atoms with van der Waals surface area (Å²) < 4.78 is 6.01. The summed E-state index contributed by atoms with van der Waals surface area (Å²) in [6, 6.07) is 15.6. The monoisotopic (exact) mass is 379 g/mol. The number of likely N-dealkylation sites (N-methyl/N-ethyl adjacent to an activating group) is 1. The predicted molar refractivity (Wildman–Crippen MR) is 117 cm³/mol. The van der Waals surface area contributed by atoms with Crippen molar-refractivity contribution in [3.8, 4) is 5.75 Å². The summed E-state index contributed by atoms with van der Waals surface area (Å²) in [6.07, 6.45) is 2.57. The van der Waals surface area contributed by atoms with Crippen LogP contribution in [0, 0.1) is 0 Å². The molecule has 3 N–H and O–H groups in total. The lowest BCUT2D eigenvalue weighted by Gasteiger charge is -2.14. The van der Waals surface area contributed by atoms with Crippen LogP contribution < -0.4 is 10.6 Å². The van der Waals surface area contributed by atoms with Crippen molar-refractivity contribution in [3.63, 3.8) is 0 Å². The number of aromatic hydroxyl groups is 1. The molecule has 148 valence electrons. The van der Waals surface area contributed by atoms with Gasteiger partial charge in [0.05, 0.1) is 6.61 Å². The van der Waals surface area contributed by atoms with Crippen LogP contribution in [-0.2, 0) is 17.7 Å². The molecular weight excluding hydrogens is 350 g/mol. The Morgan fingerprint density at radius 2 is 1.79 bits per heavy atom. The normalized spacial score (nSPS) is 12.0. The summed E-state index contributed by atoms with van der Waals surface area (Å²) in [5.74, 6) is 1.40. The molecule has 0 unspecified atom stereocenters. The Kier molecular flexibility index (Phi) is 8.31. The van der Waals surface area contributed by atoms with Crippen LogP contribution in [0.3, 0.4) is 0 Å². The van der Waals surface area contributed by atoms with Gasteiger partial charge in [0, 0.05) is 32.6 Å². The minimum absolute atomic E-state index is 0.184. The highest BCUT2D eigenvalue weighted by Crippen LogP contribution is 2.25. The first-order chi connectivity index (χ1) is 13.6. The van der Waals surface area contributed by atoms with E-state index in [2.05, 4.69) is 46.5 Å². The van der Waals surface area contributed by atoms with Crippen LogP contribution in [0.2, 0.25) is 0 Å². The highest BCUT2D eigenvalue weighted by molar-refractivity contribution is 5.98. The van der Waals surface area contributed by atoms with Gasteiger partial charge in [-0.1, -0.05) is 49.0 Å². The fourth-order valence-electron chi connectivity index (χ4n) is 2.81. The first kappa shape index (κ1) is 21.3. The number of para-hydroxylation sites is 1. The molecule has 5 heteroatoms. The molecule has 0 aliphatic rings. The number of nitrogens with one attached hydrogen (secondary N) is 2. The van der Waals surface area contributed by atoms with Crippen molar-refractivity contribution in [2.45, 2.75) is 13.0 Å². The van der Waals surface area contributed by atoms with Crippen LogP contribution in [-0.4, -0.2) is 38.7 Å². The third-order valence-electron chi connectivity index (χ3n) is 4.30. The zero-order valence-electron chi connectivity index (χ0n) is 16.8. The SMILES string of the molecule is C=C(/C=C(/OCCc1ccc(CNC)cc1)C(=NC)NC)c1ccccc1O. The number of rotatable bonds is 9. The van der Waals surface area contributed by atoms with Crippen molar-refractivity contribution in [2.75, 3.05) is 27.7 Å². The summed E-state index contributed by atoms with van der Waals surface area (Å²) >= 11 is 0. The van der Waals surface area contributed by atoms with Crippen molar-refractivity contribution in [1.82, 2.24) is 10.6 Å². The Hall–Kier alpha value is -3.05. The zero-order valence-corrected chi connectivity index (χ0v) is 16.8. The Balaban J connectivity index is 2.09. The highest BCUT2D eigenvalue weighted by atomic mass is 16.5. The van der Waals surface area contributed by atoms with E-state index in [1.54, 1.807) is 32.3 Å². The van der Waals surface area contributed by atoms with Crippen molar-refractivity contribution in [1.29, 1.82) is 0 Å². The van der Waals surface area contributed by atoms with Crippen molar-refractivity contribution in [3.05, 3.63) is 83.6 Å². The molecule has 2 aromatic rings. The van der Waals surface area contributed by atoms with Crippen LogP contribution in [0.5, 0.6) is 5.75 Å². The van der Waals surface area contributed by atoms with Crippen LogP contribution in [0.1, 0.15) is 16.7 Å². The van der Waals surface area contributed by atoms with Crippen molar-refractivity contribution in [2.24, 2.45) is 4.99 Å². The second-order valence-electron chi connectivity index (χ2n) is 6.32. The van der Waals surface area contributed by atoms with E-state index in [0.717, 1.165) is 13.0 Å². The number of phenolic OH excluding ortho intramolecular Hbond substituents is 1. The maximum atomic E-state index is 10.1. The molecule has 28 heavy (non-hydrogen) atoms. The summed E-state index contributed by atoms with van der Waals surface area (Å²) in [5.41, 5.74) is 3.77. The van der Waals surface area contributed by atoms with Crippen LogP contribution >= 0.6 is 0 Å². The zero-order chi connectivity index (χ0) is 20.4. The van der Waals surface area contributed by atoms with Crippen LogP contribution in [0.15, 0.2) is 71.9 Å². The van der Waals surface area contributed by atoms with Gasteiger partial charge in [-0.25, -0.2) is 0 Å². The molecule has 0 saturated carbocycles. The molecule has 0 amide bonds.